The maximum Gasteiger partial charge on any atom is 0.306 e. The molecule has 6 nitrogen and oxygen atoms in total. The van der Waals surface area contributed by atoms with Crippen molar-refractivity contribution in [2.45, 2.75) is 322 Å². The third kappa shape index (κ3) is 52.7. The summed E-state index contributed by atoms with van der Waals surface area (Å²) in [5.41, 5.74) is 0. The van der Waals surface area contributed by atoms with Crippen LogP contribution < -0.4 is 0 Å². The quantitative estimate of drug-likeness (QED) is 0.0262. The van der Waals surface area contributed by atoms with Gasteiger partial charge >= 0.3 is 17.9 Å². The van der Waals surface area contributed by atoms with Gasteiger partial charge in [0.2, 0.25) is 0 Å². The number of ether oxygens (including phenoxy) is 3. The zero-order valence-electron chi connectivity index (χ0n) is 43.8. The highest BCUT2D eigenvalue weighted by atomic mass is 16.6. The molecule has 0 spiro atoms. The zero-order chi connectivity index (χ0) is 47.2. The predicted molar refractivity (Wildman–Crippen MR) is 279 cm³/mol. The minimum absolute atomic E-state index is 0.0706. The summed E-state index contributed by atoms with van der Waals surface area (Å²) >= 11 is 0. The normalized spacial score (nSPS) is 12.1. The molecule has 0 aliphatic heterocycles. The van der Waals surface area contributed by atoms with E-state index in [2.05, 4.69) is 45.1 Å². The van der Waals surface area contributed by atoms with E-state index in [9.17, 15) is 14.4 Å². The Morgan fingerprint density at radius 2 is 0.538 bits per heavy atom. The second-order valence-electron chi connectivity index (χ2n) is 19.6. The molecular formula is C59H110O6. The number of hydrogen-bond donors (Lipinski definition) is 0. The van der Waals surface area contributed by atoms with Crippen molar-refractivity contribution in [3.8, 4) is 0 Å². The number of esters is 3. The topological polar surface area (TPSA) is 78.9 Å². The average molecular weight is 916 g/mol. The molecule has 0 fully saturated rings. The second-order valence-corrected chi connectivity index (χ2v) is 19.6. The third-order valence-electron chi connectivity index (χ3n) is 13.0. The van der Waals surface area contributed by atoms with E-state index in [1.807, 2.05) is 0 Å². The van der Waals surface area contributed by atoms with Crippen LogP contribution in [0.5, 0.6) is 0 Å². The van der Waals surface area contributed by atoms with Crippen LogP contribution in [-0.2, 0) is 28.6 Å². The Bertz CT molecular complexity index is 1050. The smallest absolute Gasteiger partial charge is 0.306 e. The van der Waals surface area contributed by atoms with Gasteiger partial charge < -0.3 is 14.2 Å². The highest BCUT2D eigenvalue weighted by molar-refractivity contribution is 5.71. The van der Waals surface area contributed by atoms with Gasteiger partial charge in [0.05, 0.1) is 0 Å². The Labute approximate surface area is 404 Å². The van der Waals surface area contributed by atoms with Crippen molar-refractivity contribution in [3.05, 3.63) is 24.3 Å². The Balaban J connectivity index is 4.32. The lowest BCUT2D eigenvalue weighted by atomic mass is 10.0. The third-order valence-corrected chi connectivity index (χ3v) is 13.0. The molecule has 1 atom stereocenters. The van der Waals surface area contributed by atoms with Crippen LogP contribution in [0.25, 0.3) is 0 Å². The Morgan fingerprint density at radius 3 is 0.846 bits per heavy atom. The summed E-state index contributed by atoms with van der Waals surface area (Å²) in [6.45, 7) is 6.65. The van der Waals surface area contributed by atoms with E-state index in [0.717, 1.165) is 64.2 Å². The lowest BCUT2D eigenvalue weighted by Crippen LogP contribution is -2.30. The fourth-order valence-electron chi connectivity index (χ4n) is 8.61. The maximum atomic E-state index is 12.8. The molecule has 0 bridgehead atoms. The first kappa shape index (κ1) is 62.9. The number of unbranched alkanes of at least 4 members (excludes halogenated alkanes) is 39. The highest BCUT2D eigenvalue weighted by Gasteiger charge is 2.19. The first-order valence-corrected chi connectivity index (χ1v) is 28.9. The summed E-state index contributed by atoms with van der Waals surface area (Å²) in [7, 11) is 0. The molecule has 6 heteroatoms. The number of hydrogen-bond acceptors (Lipinski definition) is 6. The Kier molecular flexibility index (Phi) is 52.7. The van der Waals surface area contributed by atoms with Crippen LogP contribution in [-0.4, -0.2) is 37.2 Å². The monoisotopic (exact) mass is 915 g/mol. The summed E-state index contributed by atoms with van der Waals surface area (Å²) in [4.78, 5) is 38.1. The maximum absolute atomic E-state index is 12.8. The Hall–Kier alpha value is -2.11. The Morgan fingerprint density at radius 1 is 0.308 bits per heavy atom. The van der Waals surface area contributed by atoms with Crippen molar-refractivity contribution in [2.24, 2.45) is 0 Å². The molecule has 0 heterocycles. The summed E-state index contributed by atoms with van der Waals surface area (Å²) in [6, 6.07) is 0. The summed E-state index contributed by atoms with van der Waals surface area (Å²) < 4.78 is 16.9. The summed E-state index contributed by atoms with van der Waals surface area (Å²) in [6.07, 6.45) is 63.1. The molecule has 0 N–H and O–H groups in total. The number of carbonyl (C=O) groups excluding carboxylic acids is 3. The first-order chi connectivity index (χ1) is 32.0. The zero-order valence-corrected chi connectivity index (χ0v) is 43.8. The van der Waals surface area contributed by atoms with E-state index < -0.39 is 6.10 Å². The van der Waals surface area contributed by atoms with E-state index >= 15 is 0 Å². The SMILES string of the molecule is CCCCC/C=C\C=C/CCCCCCCCC(=O)OC(COC(=O)CCCCCCCCCCCCCCCC)COC(=O)CCCCCCCCCCCCCCCCCCCC. The van der Waals surface area contributed by atoms with Gasteiger partial charge in [0, 0.05) is 19.3 Å². The van der Waals surface area contributed by atoms with Crippen molar-refractivity contribution in [2.75, 3.05) is 13.2 Å². The van der Waals surface area contributed by atoms with Gasteiger partial charge in [-0.3, -0.25) is 14.4 Å². The van der Waals surface area contributed by atoms with E-state index in [4.69, 9.17) is 14.2 Å². The lowest BCUT2D eigenvalue weighted by molar-refractivity contribution is -0.167. The van der Waals surface area contributed by atoms with E-state index in [1.54, 1.807) is 0 Å². The fourth-order valence-corrected chi connectivity index (χ4v) is 8.61. The fraction of sp³-hybridized carbons (Fsp3) is 0.881. The van der Waals surface area contributed by atoms with Crippen molar-refractivity contribution < 1.29 is 28.6 Å². The van der Waals surface area contributed by atoms with Crippen molar-refractivity contribution in [1.82, 2.24) is 0 Å². The molecule has 0 rings (SSSR count). The van der Waals surface area contributed by atoms with Crippen molar-refractivity contribution >= 4 is 17.9 Å². The molecule has 0 aromatic heterocycles. The molecule has 0 aliphatic carbocycles. The van der Waals surface area contributed by atoms with Crippen LogP contribution in [0.2, 0.25) is 0 Å². The van der Waals surface area contributed by atoms with Crippen LogP contribution in [0, 0.1) is 0 Å². The predicted octanol–water partition coefficient (Wildman–Crippen LogP) is 19.1. The van der Waals surface area contributed by atoms with Crippen LogP contribution in [0.1, 0.15) is 316 Å². The molecule has 382 valence electrons. The molecule has 65 heavy (non-hydrogen) atoms. The molecule has 0 aromatic rings. The highest BCUT2D eigenvalue weighted by Crippen LogP contribution is 2.17. The van der Waals surface area contributed by atoms with Crippen LogP contribution >= 0.6 is 0 Å². The van der Waals surface area contributed by atoms with Gasteiger partial charge in [-0.2, -0.15) is 0 Å². The lowest BCUT2D eigenvalue weighted by Gasteiger charge is -2.18. The van der Waals surface area contributed by atoms with Crippen LogP contribution in [0.3, 0.4) is 0 Å². The van der Waals surface area contributed by atoms with Gasteiger partial charge in [-0.05, 0) is 44.9 Å². The molecule has 0 radical (unpaired) electrons. The van der Waals surface area contributed by atoms with Crippen LogP contribution in [0.4, 0.5) is 0 Å². The number of allylic oxidation sites excluding steroid dienone is 4. The van der Waals surface area contributed by atoms with Gasteiger partial charge in [-0.1, -0.05) is 276 Å². The van der Waals surface area contributed by atoms with Gasteiger partial charge in [-0.25, -0.2) is 0 Å². The first-order valence-electron chi connectivity index (χ1n) is 28.9. The van der Waals surface area contributed by atoms with Gasteiger partial charge in [0.1, 0.15) is 13.2 Å². The largest absolute Gasteiger partial charge is 0.462 e. The molecule has 0 aliphatic rings. The average Bonchev–Trinajstić information content (AvgIpc) is 3.30. The van der Waals surface area contributed by atoms with Gasteiger partial charge in [0.15, 0.2) is 6.10 Å². The van der Waals surface area contributed by atoms with E-state index in [0.29, 0.717) is 19.3 Å². The molecule has 0 aromatic carbocycles. The minimum atomic E-state index is -0.772. The molecule has 0 saturated carbocycles. The van der Waals surface area contributed by atoms with Crippen molar-refractivity contribution in [1.29, 1.82) is 0 Å². The van der Waals surface area contributed by atoms with E-state index in [-0.39, 0.29) is 31.1 Å². The molecular weight excluding hydrogens is 805 g/mol. The second kappa shape index (κ2) is 54.5. The van der Waals surface area contributed by atoms with Crippen LogP contribution in [0.15, 0.2) is 24.3 Å². The summed E-state index contributed by atoms with van der Waals surface area (Å²) in [5.74, 6) is -0.861. The number of carbonyl (C=O) groups is 3. The van der Waals surface area contributed by atoms with Gasteiger partial charge in [-0.15, -0.1) is 0 Å². The molecule has 1 unspecified atom stereocenters. The molecule has 0 amide bonds. The van der Waals surface area contributed by atoms with Gasteiger partial charge in [0.25, 0.3) is 0 Å². The summed E-state index contributed by atoms with van der Waals surface area (Å²) in [5, 5.41) is 0. The van der Waals surface area contributed by atoms with E-state index in [1.165, 1.54) is 212 Å². The molecule has 0 saturated heterocycles. The standard InChI is InChI=1S/C59H110O6/c1-4-7-10-13-16-19-22-25-28-29-30-32-34-37-40-43-46-49-52-58(61)64-55-56(54-63-57(60)51-48-45-42-39-36-33-27-24-21-18-15-12-9-6-3)65-59(62)53-50-47-44-41-38-35-31-26-23-20-17-14-11-8-5-2/h17,20,23,26,56H,4-16,18-19,21-22,24-25,27-55H2,1-3H3/b20-17-,26-23-. The van der Waals surface area contributed by atoms with Crippen molar-refractivity contribution in [3.63, 3.8) is 0 Å². The minimum Gasteiger partial charge on any atom is -0.462 e. The number of rotatable bonds is 53.